The second-order valence-corrected chi connectivity index (χ2v) is 20.7. The van der Waals surface area contributed by atoms with Crippen molar-refractivity contribution >= 4 is 47.8 Å². The zero-order valence-electron chi connectivity index (χ0n) is 49.2. The predicted octanol–water partition coefficient (Wildman–Crippen LogP) is 3.58. The van der Waals surface area contributed by atoms with Gasteiger partial charge in [0, 0.05) is 0 Å². The minimum Gasteiger partial charge on any atom is -0.504 e. The molecule has 0 radical (unpaired) electrons. The van der Waals surface area contributed by atoms with Crippen LogP contribution in [0.4, 0.5) is 0 Å². The minimum atomic E-state index is -2.92. The van der Waals surface area contributed by atoms with Crippen molar-refractivity contribution in [2.45, 2.75) is 30.7 Å². The number of carbonyl (C=O) groups is 8. The summed E-state index contributed by atoms with van der Waals surface area (Å²) >= 11 is 0. The Bertz CT molecular complexity index is 4630. The molecule has 0 amide bonds. The smallest absolute Gasteiger partial charge is 0.343 e. The van der Waals surface area contributed by atoms with E-state index in [2.05, 4.69) is 0 Å². The number of carbonyl (C=O) groups excluding carboxylic acids is 8. The van der Waals surface area contributed by atoms with Crippen molar-refractivity contribution in [2.24, 2.45) is 0 Å². The molecule has 9 rings (SSSR count). The van der Waals surface area contributed by atoms with E-state index < -0.39 is 268 Å². The Morgan fingerprint density at radius 1 is 0.250 bits per heavy atom. The van der Waals surface area contributed by atoms with Gasteiger partial charge in [-0.1, -0.05) is 0 Å². The maximum atomic E-state index is 14.9. The van der Waals surface area contributed by atoms with Crippen LogP contribution in [0.15, 0.2) is 97.1 Å². The summed E-state index contributed by atoms with van der Waals surface area (Å²) in [4.78, 5) is 112. The molecule has 5 atom stereocenters. The lowest BCUT2D eigenvalue weighted by Crippen LogP contribution is -2.63. The highest BCUT2D eigenvalue weighted by molar-refractivity contribution is 5.98. The number of rotatable bonds is 17. The van der Waals surface area contributed by atoms with Crippen LogP contribution in [0.3, 0.4) is 0 Å². The normalized spacial score (nSPS) is 15.5. The molecule has 520 valence electrons. The lowest BCUT2D eigenvalue weighted by atomic mass is 9.97. The lowest BCUT2D eigenvalue weighted by molar-refractivity contribution is -0.282. The fraction of sp³-hybridized carbons (Fsp3) is 0.0968. The molecule has 0 saturated carbocycles. The number of aromatic hydroxyl groups is 21. The second-order valence-electron chi connectivity index (χ2n) is 20.7. The summed E-state index contributed by atoms with van der Waals surface area (Å²) in [5.74, 6) is -42.9. The highest BCUT2D eigenvalue weighted by Gasteiger charge is 2.55. The van der Waals surface area contributed by atoms with Crippen molar-refractivity contribution in [2.75, 3.05) is 6.61 Å². The summed E-state index contributed by atoms with van der Waals surface area (Å²) < 4.78 is 49.5. The Morgan fingerprint density at radius 3 is 0.740 bits per heavy atom. The largest absolute Gasteiger partial charge is 0.504 e. The molecule has 1 aliphatic rings. The second kappa shape index (κ2) is 27.3. The van der Waals surface area contributed by atoms with Crippen LogP contribution in [0, 0.1) is 0 Å². The summed E-state index contributed by atoms with van der Waals surface area (Å²) in [6, 6.07) is 7.56. The number of ether oxygens (including phenoxy) is 9. The van der Waals surface area contributed by atoms with Gasteiger partial charge in [-0.15, -0.1) is 0 Å². The van der Waals surface area contributed by atoms with Crippen LogP contribution in [0.5, 0.6) is 138 Å². The van der Waals surface area contributed by atoms with Crippen molar-refractivity contribution in [1.82, 2.24) is 0 Å². The van der Waals surface area contributed by atoms with Crippen molar-refractivity contribution in [3.8, 4) is 138 Å². The molecule has 4 unspecified atom stereocenters. The van der Waals surface area contributed by atoms with Gasteiger partial charge in [0.25, 0.3) is 0 Å². The maximum absolute atomic E-state index is 14.9. The molecular weight excluding hydrogens is 1350 g/mol. The van der Waals surface area contributed by atoms with Gasteiger partial charge in [0.1, 0.15) is 12.7 Å². The Kier molecular flexibility index (Phi) is 19.0. The Hall–Kier alpha value is -14.7. The van der Waals surface area contributed by atoms with Crippen LogP contribution < -0.4 is 14.2 Å². The quantitative estimate of drug-likeness (QED) is 0.0268. The number of benzene rings is 8. The minimum absolute atomic E-state index is 0.365. The van der Waals surface area contributed by atoms with Crippen LogP contribution in [0.1, 0.15) is 82.9 Å². The molecule has 38 heteroatoms. The van der Waals surface area contributed by atoms with Gasteiger partial charge in [-0.2, -0.15) is 0 Å². The molecule has 100 heavy (non-hydrogen) atoms. The molecule has 1 fully saturated rings. The Labute approximate surface area is 551 Å². The summed E-state index contributed by atoms with van der Waals surface area (Å²) in [6.07, 6.45) is -14.0. The first kappa shape index (κ1) is 69.6. The highest BCUT2D eigenvalue weighted by atomic mass is 16.7. The van der Waals surface area contributed by atoms with Crippen molar-refractivity contribution in [3.63, 3.8) is 0 Å². The van der Waals surface area contributed by atoms with Gasteiger partial charge in [-0.05, 0) is 97.1 Å². The molecule has 8 aromatic rings. The number of esters is 8. The number of hydrogen-bond acceptors (Lipinski definition) is 38. The van der Waals surface area contributed by atoms with Crippen molar-refractivity contribution in [3.05, 3.63) is 142 Å². The number of phenols is 21. The number of phenolic OH excluding ortho intramolecular Hbond substituents is 21. The third-order valence-electron chi connectivity index (χ3n) is 13.9. The zero-order chi connectivity index (χ0) is 73.4. The van der Waals surface area contributed by atoms with E-state index in [0.29, 0.717) is 97.1 Å². The third kappa shape index (κ3) is 14.3. The van der Waals surface area contributed by atoms with Gasteiger partial charge >= 0.3 is 47.8 Å². The maximum Gasteiger partial charge on any atom is 0.343 e. The van der Waals surface area contributed by atoms with Gasteiger partial charge in [0.2, 0.25) is 29.6 Å². The van der Waals surface area contributed by atoms with Crippen LogP contribution >= 0.6 is 0 Å². The SMILES string of the molecule is O=C(OCC1OC(OC(=O)c2cc(O)c(O)c(O)c2)C(OC(=O)c2cc(O)c(O)c(OC(=O)c3cc(O)c(O)c(O)c3)c2)C(OC(=O)c2cc(O)c(O)c(OC(=O)c3cc(O)c(O)c(O)c3)c2)[C@H]1OC(=O)c1cc(O)c(O)c(OC(=O)c2cc(O)c(O)c(O)c2)c1)c1cc(O)c(O)c(O)c1. The van der Waals surface area contributed by atoms with Gasteiger partial charge < -0.3 is 150 Å². The fourth-order valence-electron chi connectivity index (χ4n) is 8.95. The van der Waals surface area contributed by atoms with E-state index in [0.717, 1.165) is 0 Å². The molecule has 1 aliphatic heterocycles. The van der Waals surface area contributed by atoms with Gasteiger partial charge in [-0.25, -0.2) is 38.4 Å². The molecule has 8 aromatic carbocycles. The van der Waals surface area contributed by atoms with Crippen molar-refractivity contribution in [1.29, 1.82) is 0 Å². The van der Waals surface area contributed by atoms with Gasteiger partial charge in [0.05, 0.1) is 44.5 Å². The molecule has 21 N–H and O–H groups in total. The van der Waals surface area contributed by atoms with Crippen LogP contribution in [-0.4, -0.2) is 192 Å². The topological polar surface area (TPSA) is 644 Å². The molecule has 38 nitrogen and oxygen atoms in total. The lowest BCUT2D eigenvalue weighted by Gasteiger charge is -2.43. The average Bonchev–Trinajstić information content (AvgIpc) is 0.765. The monoisotopic (exact) mass is 1400 g/mol. The van der Waals surface area contributed by atoms with E-state index in [1.165, 1.54) is 0 Å². The van der Waals surface area contributed by atoms with Crippen LogP contribution in [-0.2, 0) is 28.4 Å². The summed E-state index contributed by atoms with van der Waals surface area (Å²) in [5.41, 5.74) is -7.35. The predicted molar refractivity (Wildman–Crippen MR) is 313 cm³/mol. The first-order valence-corrected chi connectivity index (χ1v) is 27.3. The standard InChI is InChI=1S/C62H44O38/c63-26-1-18(2-27(64)43(26)76)54(84)92-17-42-51(97-58(88)23-11-36(73)48(81)39(14-23)93-55(85)19-3-28(65)44(77)29(66)4-19)52(98-59(89)24-12-37(74)49(82)40(15-24)94-56(86)20-5-30(67)45(78)31(68)6-20)53(62(96-42)100-61(91)22-9-34(71)47(80)35(72)10-22)99-60(90)25-13-38(75)50(83)41(16-25)95-57(87)21-7-32(69)46(79)33(70)8-21/h1-16,42,51-53,62-83H,17H2/t42?,51-,52?,53?,62?/m0/s1. The first-order valence-electron chi connectivity index (χ1n) is 27.3. The van der Waals surface area contributed by atoms with E-state index in [1.54, 1.807) is 0 Å². The fourth-order valence-corrected chi connectivity index (χ4v) is 8.95. The average molecular weight is 1400 g/mol. The number of hydrogen-bond donors (Lipinski definition) is 21. The summed E-state index contributed by atoms with van der Waals surface area (Å²) in [7, 11) is 0. The molecule has 0 aromatic heterocycles. The summed E-state index contributed by atoms with van der Waals surface area (Å²) in [6.45, 7) is -1.50. The molecule has 1 heterocycles. The molecule has 0 spiro atoms. The molecule has 1 saturated heterocycles. The van der Waals surface area contributed by atoms with Gasteiger partial charge in [0.15, 0.2) is 133 Å². The van der Waals surface area contributed by atoms with Gasteiger partial charge in [-0.3, -0.25) is 0 Å². The van der Waals surface area contributed by atoms with Crippen LogP contribution in [0.25, 0.3) is 0 Å². The van der Waals surface area contributed by atoms with E-state index >= 15 is 0 Å². The van der Waals surface area contributed by atoms with E-state index in [1.807, 2.05) is 0 Å². The van der Waals surface area contributed by atoms with E-state index in [-0.39, 0.29) is 0 Å². The Balaban J connectivity index is 1.21. The van der Waals surface area contributed by atoms with Crippen LogP contribution in [0.2, 0.25) is 0 Å². The highest BCUT2D eigenvalue weighted by Crippen LogP contribution is 2.46. The Morgan fingerprint density at radius 2 is 0.460 bits per heavy atom. The van der Waals surface area contributed by atoms with E-state index in [4.69, 9.17) is 42.6 Å². The first-order chi connectivity index (χ1) is 47.0. The van der Waals surface area contributed by atoms with Crippen molar-refractivity contribution < 1.29 is 188 Å². The molecule has 0 bridgehead atoms. The van der Waals surface area contributed by atoms with E-state index in [9.17, 15) is 146 Å². The summed E-state index contributed by atoms with van der Waals surface area (Å²) in [5, 5.41) is 217. The molecule has 0 aliphatic carbocycles. The molecular formula is C62H44O38. The third-order valence-corrected chi connectivity index (χ3v) is 13.9. The zero-order valence-corrected chi connectivity index (χ0v) is 49.2.